The highest BCUT2D eigenvalue weighted by Crippen LogP contribution is 2.34. The number of halogens is 2. The summed E-state index contributed by atoms with van der Waals surface area (Å²) >= 11 is 6.42. The van der Waals surface area contributed by atoms with Crippen molar-refractivity contribution in [1.29, 1.82) is 0 Å². The number of hydrogen-bond donors (Lipinski definition) is 1. The molecular formula is C24H25ClFN5O2. The first kappa shape index (κ1) is 23.1. The molecule has 1 aromatic carbocycles. The van der Waals surface area contributed by atoms with Gasteiger partial charge in [-0.3, -0.25) is 14.8 Å². The number of aromatic nitrogens is 3. The Morgan fingerprint density at radius 3 is 2.45 bits per heavy atom. The minimum absolute atomic E-state index is 0.258. The van der Waals surface area contributed by atoms with Crippen LogP contribution in [0.4, 0.5) is 10.2 Å². The van der Waals surface area contributed by atoms with Gasteiger partial charge in [0.05, 0.1) is 16.9 Å². The Balaban J connectivity index is 1.65. The van der Waals surface area contributed by atoms with Gasteiger partial charge in [-0.15, -0.1) is 0 Å². The molecule has 9 heteroatoms. The topological polar surface area (TPSA) is 82.5 Å². The van der Waals surface area contributed by atoms with E-state index in [0.29, 0.717) is 60.4 Å². The Kier molecular flexibility index (Phi) is 6.58. The van der Waals surface area contributed by atoms with Crippen molar-refractivity contribution < 1.29 is 14.3 Å². The van der Waals surface area contributed by atoms with Gasteiger partial charge in [0.25, 0.3) is 5.91 Å². The van der Waals surface area contributed by atoms with Crippen molar-refractivity contribution in [2.24, 2.45) is 0 Å². The molecule has 7 nitrogen and oxygen atoms in total. The van der Waals surface area contributed by atoms with Crippen LogP contribution in [0.1, 0.15) is 20.3 Å². The lowest BCUT2D eigenvalue weighted by Crippen LogP contribution is -2.55. The molecule has 33 heavy (non-hydrogen) atoms. The number of pyridine rings is 1. The molecule has 3 heterocycles. The van der Waals surface area contributed by atoms with Crippen molar-refractivity contribution in [3.05, 3.63) is 59.8 Å². The zero-order chi connectivity index (χ0) is 23.6. The number of carbonyl (C=O) groups excluding carboxylic acids is 1. The number of benzene rings is 1. The van der Waals surface area contributed by atoms with Crippen molar-refractivity contribution in [1.82, 2.24) is 19.9 Å². The lowest BCUT2D eigenvalue weighted by atomic mass is 10.0. The fraction of sp³-hybridized carbons (Fsp3) is 0.333. The highest BCUT2D eigenvalue weighted by molar-refractivity contribution is 6.33. The Bertz CT molecular complexity index is 1150. The summed E-state index contributed by atoms with van der Waals surface area (Å²) < 4.78 is 13.5. The van der Waals surface area contributed by atoms with Crippen LogP contribution < -0.4 is 4.90 Å². The molecule has 1 amide bonds. The molecule has 1 fully saturated rings. The van der Waals surface area contributed by atoms with E-state index in [1.807, 2.05) is 4.90 Å². The van der Waals surface area contributed by atoms with E-state index >= 15 is 0 Å². The number of hydrogen-bond acceptors (Lipinski definition) is 6. The summed E-state index contributed by atoms with van der Waals surface area (Å²) in [6, 6.07) is 7.84. The molecule has 0 radical (unpaired) electrons. The molecule has 2 aromatic heterocycles. The third-order valence-electron chi connectivity index (χ3n) is 5.95. The summed E-state index contributed by atoms with van der Waals surface area (Å²) in [6.45, 7) is 5.40. The van der Waals surface area contributed by atoms with Crippen LogP contribution >= 0.6 is 11.6 Å². The molecule has 0 bridgehead atoms. The first-order chi connectivity index (χ1) is 15.8. The van der Waals surface area contributed by atoms with Crippen molar-refractivity contribution >= 4 is 23.3 Å². The second kappa shape index (κ2) is 9.41. The number of carbonyl (C=O) groups is 1. The monoisotopic (exact) mass is 469 g/mol. The number of aliphatic hydroxyl groups is 1. The van der Waals surface area contributed by atoms with Crippen LogP contribution in [-0.4, -0.2) is 62.6 Å². The lowest BCUT2D eigenvalue weighted by molar-refractivity contribution is -0.150. The highest BCUT2D eigenvalue weighted by atomic mass is 35.5. The first-order valence-electron chi connectivity index (χ1n) is 10.8. The third kappa shape index (κ3) is 4.82. The number of piperazine rings is 1. The van der Waals surface area contributed by atoms with Crippen LogP contribution in [0.3, 0.4) is 0 Å². The summed E-state index contributed by atoms with van der Waals surface area (Å²) in [5, 5.41) is 10.7. The molecule has 172 valence electrons. The fourth-order valence-electron chi connectivity index (χ4n) is 3.74. The number of nitrogens with zero attached hydrogens (tertiary/aromatic N) is 5. The second-order valence-corrected chi connectivity index (χ2v) is 8.60. The largest absolute Gasteiger partial charge is 0.380 e. The maximum atomic E-state index is 13.5. The van der Waals surface area contributed by atoms with Crippen LogP contribution in [0.2, 0.25) is 5.02 Å². The van der Waals surface area contributed by atoms with Gasteiger partial charge in [-0.1, -0.05) is 18.5 Å². The van der Waals surface area contributed by atoms with Gasteiger partial charge in [0, 0.05) is 49.7 Å². The van der Waals surface area contributed by atoms with Crippen molar-refractivity contribution in [3.63, 3.8) is 0 Å². The normalized spacial score (nSPS) is 15.9. The van der Waals surface area contributed by atoms with Crippen LogP contribution in [0.25, 0.3) is 22.5 Å². The van der Waals surface area contributed by atoms with E-state index in [4.69, 9.17) is 16.6 Å². The zero-order valence-electron chi connectivity index (χ0n) is 18.5. The molecule has 1 N–H and O–H groups in total. The molecule has 4 rings (SSSR count). The molecule has 0 aliphatic carbocycles. The predicted molar refractivity (Wildman–Crippen MR) is 125 cm³/mol. The standard InChI is InChI=1S/C24H25ClFN5O2/c1-3-24(2,33)23(32)31-12-10-30(11-13-31)20-15-28-21(16-4-6-17(26)7-5-16)22(29-20)18-8-9-27-14-19(18)25/h4-9,14-15,33H,3,10-13H2,1-2H3. The molecule has 0 spiro atoms. The van der Waals surface area contributed by atoms with E-state index in [2.05, 4.69) is 9.97 Å². The Hall–Kier alpha value is -3.10. The van der Waals surface area contributed by atoms with Gasteiger partial charge in [0.1, 0.15) is 22.9 Å². The van der Waals surface area contributed by atoms with Crippen LogP contribution in [-0.2, 0) is 4.79 Å². The van der Waals surface area contributed by atoms with E-state index in [-0.39, 0.29) is 11.7 Å². The van der Waals surface area contributed by atoms with Gasteiger partial charge in [-0.05, 0) is 43.7 Å². The molecule has 1 atom stereocenters. The average Bonchev–Trinajstić information content (AvgIpc) is 2.84. The lowest BCUT2D eigenvalue weighted by Gasteiger charge is -2.38. The van der Waals surface area contributed by atoms with Gasteiger partial charge in [-0.25, -0.2) is 9.37 Å². The number of amides is 1. The average molecular weight is 470 g/mol. The molecule has 1 aliphatic heterocycles. The second-order valence-electron chi connectivity index (χ2n) is 8.19. The number of rotatable bonds is 5. The van der Waals surface area contributed by atoms with Gasteiger partial charge < -0.3 is 14.9 Å². The Morgan fingerprint density at radius 2 is 1.82 bits per heavy atom. The predicted octanol–water partition coefficient (Wildman–Crippen LogP) is 3.81. The van der Waals surface area contributed by atoms with Crippen LogP contribution in [0.5, 0.6) is 0 Å². The third-order valence-corrected chi connectivity index (χ3v) is 6.25. The SMILES string of the molecule is CCC(C)(O)C(=O)N1CCN(c2cnc(-c3ccc(F)cc3)c(-c3ccncc3Cl)n2)CC1. The van der Waals surface area contributed by atoms with Crippen LogP contribution in [0.15, 0.2) is 48.9 Å². The van der Waals surface area contributed by atoms with Gasteiger partial charge in [0.15, 0.2) is 0 Å². The molecule has 0 saturated carbocycles. The molecule has 1 unspecified atom stereocenters. The van der Waals surface area contributed by atoms with Crippen molar-refractivity contribution in [3.8, 4) is 22.5 Å². The zero-order valence-corrected chi connectivity index (χ0v) is 19.3. The van der Waals surface area contributed by atoms with Gasteiger partial charge in [0.2, 0.25) is 0 Å². The van der Waals surface area contributed by atoms with Gasteiger partial charge >= 0.3 is 0 Å². The first-order valence-corrected chi connectivity index (χ1v) is 11.2. The maximum absolute atomic E-state index is 13.5. The van der Waals surface area contributed by atoms with Crippen molar-refractivity contribution in [2.45, 2.75) is 25.9 Å². The minimum atomic E-state index is -1.36. The molecule has 3 aromatic rings. The molecule has 1 saturated heterocycles. The van der Waals surface area contributed by atoms with E-state index in [0.717, 1.165) is 5.56 Å². The minimum Gasteiger partial charge on any atom is -0.380 e. The number of anilines is 1. The van der Waals surface area contributed by atoms with Crippen LogP contribution in [0, 0.1) is 5.82 Å². The summed E-state index contributed by atoms with van der Waals surface area (Å²) in [4.78, 5) is 29.9. The summed E-state index contributed by atoms with van der Waals surface area (Å²) in [6.07, 6.45) is 5.22. The summed E-state index contributed by atoms with van der Waals surface area (Å²) in [7, 11) is 0. The van der Waals surface area contributed by atoms with E-state index < -0.39 is 5.60 Å². The highest BCUT2D eigenvalue weighted by Gasteiger charge is 2.34. The van der Waals surface area contributed by atoms with Crippen molar-refractivity contribution in [2.75, 3.05) is 31.1 Å². The fourth-order valence-corrected chi connectivity index (χ4v) is 3.95. The summed E-state index contributed by atoms with van der Waals surface area (Å²) in [5.74, 6) is 0.0611. The smallest absolute Gasteiger partial charge is 0.254 e. The van der Waals surface area contributed by atoms with E-state index in [1.54, 1.807) is 55.5 Å². The molecule has 1 aliphatic rings. The molecular weight excluding hydrogens is 445 g/mol. The Labute approximate surface area is 196 Å². The van der Waals surface area contributed by atoms with E-state index in [1.165, 1.54) is 12.1 Å². The quantitative estimate of drug-likeness (QED) is 0.612. The van der Waals surface area contributed by atoms with E-state index in [9.17, 15) is 14.3 Å². The summed E-state index contributed by atoms with van der Waals surface area (Å²) in [5.41, 5.74) is 1.19. The van der Waals surface area contributed by atoms with Gasteiger partial charge in [-0.2, -0.15) is 0 Å². The maximum Gasteiger partial charge on any atom is 0.254 e. The Morgan fingerprint density at radius 1 is 1.12 bits per heavy atom.